The van der Waals surface area contributed by atoms with E-state index in [2.05, 4.69) is 0 Å². The molecule has 2 N–H and O–H groups in total. The molecule has 2 rings (SSSR count). The molecule has 0 atom stereocenters. The van der Waals surface area contributed by atoms with E-state index in [1.54, 1.807) is 12.1 Å². The van der Waals surface area contributed by atoms with Crippen LogP contribution in [-0.2, 0) is 5.60 Å². The monoisotopic (exact) mass is 198 g/mol. The number of halogens is 1. The molecule has 3 heteroatoms. The Morgan fingerprint density at radius 2 is 2.00 bits per heavy atom. The summed E-state index contributed by atoms with van der Waals surface area (Å²) in [5, 5.41) is 19.5. The fraction of sp³-hybridized carbons (Fsp3) is 0.400. The summed E-state index contributed by atoms with van der Waals surface area (Å²) in [6, 6.07) is 3.24. The lowest BCUT2D eigenvalue weighted by Crippen LogP contribution is -2.06. The molecule has 1 aromatic carbocycles. The van der Waals surface area contributed by atoms with E-state index < -0.39 is 5.60 Å². The van der Waals surface area contributed by atoms with Gasteiger partial charge >= 0.3 is 0 Å². The highest BCUT2D eigenvalue weighted by molar-refractivity contribution is 6.32. The molecular weight excluding hydrogens is 188 g/mol. The van der Waals surface area contributed by atoms with Crippen LogP contribution in [-0.4, -0.2) is 10.2 Å². The molecule has 0 amide bonds. The first-order valence-corrected chi connectivity index (χ1v) is 4.63. The number of aromatic hydroxyl groups is 1. The number of phenolic OH excluding ortho intramolecular Hbond substituents is 1. The molecule has 0 radical (unpaired) electrons. The van der Waals surface area contributed by atoms with E-state index in [0.717, 1.165) is 24.0 Å². The topological polar surface area (TPSA) is 40.5 Å². The maximum absolute atomic E-state index is 9.86. The molecule has 0 bridgehead atoms. The maximum atomic E-state index is 9.86. The van der Waals surface area contributed by atoms with Crippen LogP contribution in [0.4, 0.5) is 0 Å². The third-order valence-electron chi connectivity index (χ3n) is 2.52. The molecule has 70 valence electrons. The summed E-state index contributed by atoms with van der Waals surface area (Å²) in [4.78, 5) is 0. The molecule has 1 fully saturated rings. The Labute approximate surface area is 81.8 Å². The normalized spacial score (nSPS) is 18.7. The van der Waals surface area contributed by atoms with Crippen LogP contribution in [0.1, 0.15) is 24.0 Å². The molecule has 0 unspecified atom stereocenters. The number of rotatable bonds is 1. The zero-order chi connectivity index (χ0) is 9.64. The number of hydrogen-bond acceptors (Lipinski definition) is 2. The molecule has 2 nitrogen and oxygen atoms in total. The summed E-state index contributed by atoms with van der Waals surface area (Å²) in [5.41, 5.74) is 1.05. The van der Waals surface area contributed by atoms with Gasteiger partial charge in [-0.2, -0.15) is 0 Å². The van der Waals surface area contributed by atoms with Crippen molar-refractivity contribution in [2.45, 2.75) is 25.4 Å². The lowest BCUT2D eigenvalue weighted by Gasteiger charge is -2.12. The van der Waals surface area contributed by atoms with Gasteiger partial charge in [0.2, 0.25) is 0 Å². The summed E-state index contributed by atoms with van der Waals surface area (Å²) in [7, 11) is 0. The Morgan fingerprint density at radius 3 is 2.54 bits per heavy atom. The molecule has 0 saturated heterocycles. The summed E-state index contributed by atoms with van der Waals surface area (Å²) in [6.07, 6.45) is 1.57. The van der Waals surface area contributed by atoms with Gasteiger partial charge in [0.05, 0.1) is 10.6 Å². The maximum Gasteiger partial charge on any atom is 0.134 e. The molecule has 1 saturated carbocycles. The SMILES string of the molecule is Cc1cc(O)c(Cl)cc1C1(O)CC1. The summed E-state index contributed by atoms with van der Waals surface area (Å²) in [6.45, 7) is 1.86. The summed E-state index contributed by atoms with van der Waals surface area (Å²) < 4.78 is 0. The van der Waals surface area contributed by atoms with Crippen LogP contribution in [0.5, 0.6) is 5.75 Å². The van der Waals surface area contributed by atoms with Crippen molar-refractivity contribution in [3.8, 4) is 5.75 Å². The van der Waals surface area contributed by atoms with Gasteiger partial charge in [-0.3, -0.25) is 0 Å². The van der Waals surface area contributed by atoms with Crippen molar-refractivity contribution < 1.29 is 10.2 Å². The van der Waals surface area contributed by atoms with Gasteiger partial charge in [0.1, 0.15) is 5.75 Å². The Morgan fingerprint density at radius 1 is 1.38 bits per heavy atom. The van der Waals surface area contributed by atoms with Crippen molar-refractivity contribution in [2.24, 2.45) is 0 Å². The van der Waals surface area contributed by atoms with Crippen LogP contribution in [0.25, 0.3) is 0 Å². The van der Waals surface area contributed by atoms with Crippen molar-refractivity contribution in [2.75, 3.05) is 0 Å². The van der Waals surface area contributed by atoms with E-state index in [1.165, 1.54) is 0 Å². The molecule has 0 spiro atoms. The largest absolute Gasteiger partial charge is 0.506 e. The highest BCUT2D eigenvalue weighted by atomic mass is 35.5. The summed E-state index contributed by atoms with van der Waals surface area (Å²) >= 11 is 5.76. The third kappa shape index (κ3) is 1.40. The summed E-state index contributed by atoms with van der Waals surface area (Å²) in [5.74, 6) is 0.0761. The first kappa shape index (κ1) is 8.85. The van der Waals surface area contributed by atoms with Crippen LogP contribution in [0.3, 0.4) is 0 Å². The second-order valence-electron chi connectivity index (χ2n) is 3.65. The quantitative estimate of drug-likeness (QED) is 0.727. The smallest absolute Gasteiger partial charge is 0.134 e. The lowest BCUT2D eigenvalue weighted by atomic mass is 10.0. The van der Waals surface area contributed by atoms with E-state index in [-0.39, 0.29) is 5.75 Å². The van der Waals surface area contributed by atoms with Crippen LogP contribution < -0.4 is 0 Å². The van der Waals surface area contributed by atoms with Gasteiger partial charge in [-0.15, -0.1) is 0 Å². The van der Waals surface area contributed by atoms with Crippen LogP contribution >= 0.6 is 11.6 Å². The van der Waals surface area contributed by atoms with E-state index in [4.69, 9.17) is 11.6 Å². The highest BCUT2D eigenvalue weighted by Crippen LogP contribution is 2.48. The van der Waals surface area contributed by atoms with E-state index in [1.807, 2.05) is 6.92 Å². The van der Waals surface area contributed by atoms with E-state index in [9.17, 15) is 10.2 Å². The lowest BCUT2D eigenvalue weighted by molar-refractivity contribution is 0.150. The first-order chi connectivity index (χ1) is 6.03. The predicted octanol–water partition coefficient (Wildman–Crippen LogP) is 2.34. The Bertz CT molecular complexity index is 356. The first-order valence-electron chi connectivity index (χ1n) is 4.25. The molecule has 13 heavy (non-hydrogen) atoms. The molecule has 0 aromatic heterocycles. The van der Waals surface area contributed by atoms with Crippen LogP contribution in [0, 0.1) is 6.92 Å². The highest BCUT2D eigenvalue weighted by Gasteiger charge is 2.43. The van der Waals surface area contributed by atoms with Crippen molar-refractivity contribution in [3.63, 3.8) is 0 Å². The van der Waals surface area contributed by atoms with Gasteiger partial charge in [-0.25, -0.2) is 0 Å². The van der Waals surface area contributed by atoms with Crippen molar-refractivity contribution >= 4 is 11.6 Å². The van der Waals surface area contributed by atoms with Gasteiger partial charge in [-0.05, 0) is 43.0 Å². The minimum absolute atomic E-state index is 0.0761. The Hall–Kier alpha value is -0.730. The molecule has 1 aliphatic carbocycles. The zero-order valence-corrected chi connectivity index (χ0v) is 8.10. The fourth-order valence-corrected chi connectivity index (χ4v) is 1.72. The number of aliphatic hydroxyl groups is 1. The number of hydrogen-bond donors (Lipinski definition) is 2. The van der Waals surface area contributed by atoms with Crippen molar-refractivity contribution in [1.82, 2.24) is 0 Å². The molecule has 0 aliphatic heterocycles. The van der Waals surface area contributed by atoms with Crippen LogP contribution in [0.2, 0.25) is 5.02 Å². The molecule has 1 aromatic rings. The van der Waals surface area contributed by atoms with Gasteiger partial charge in [0, 0.05) is 0 Å². The average molecular weight is 199 g/mol. The van der Waals surface area contributed by atoms with E-state index in [0.29, 0.717) is 5.02 Å². The van der Waals surface area contributed by atoms with Gasteiger partial charge in [-0.1, -0.05) is 11.6 Å². The minimum Gasteiger partial charge on any atom is -0.506 e. The molecule has 1 aliphatic rings. The van der Waals surface area contributed by atoms with Gasteiger partial charge < -0.3 is 10.2 Å². The second-order valence-corrected chi connectivity index (χ2v) is 4.06. The molecular formula is C10H11ClO2. The van der Waals surface area contributed by atoms with Gasteiger partial charge in [0.25, 0.3) is 0 Å². The van der Waals surface area contributed by atoms with Crippen molar-refractivity contribution in [3.05, 3.63) is 28.3 Å². The average Bonchev–Trinajstić information content (AvgIpc) is 2.77. The van der Waals surface area contributed by atoms with Crippen molar-refractivity contribution in [1.29, 1.82) is 0 Å². The number of benzene rings is 1. The number of aryl methyl sites for hydroxylation is 1. The van der Waals surface area contributed by atoms with Crippen LogP contribution in [0.15, 0.2) is 12.1 Å². The standard InChI is InChI=1S/C10H11ClO2/c1-6-4-9(12)8(11)5-7(6)10(13)2-3-10/h4-5,12-13H,2-3H2,1H3. The van der Waals surface area contributed by atoms with Gasteiger partial charge in [0.15, 0.2) is 0 Å². The Balaban J connectivity index is 2.52. The Kier molecular flexibility index (Phi) is 1.79. The van der Waals surface area contributed by atoms with E-state index >= 15 is 0 Å². The fourth-order valence-electron chi connectivity index (χ4n) is 1.56. The third-order valence-corrected chi connectivity index (χ3v) is 2.82. The minimum atomic E-state index is -0.679. The zero-order valence-electron chi connectivity index (χ0n) is 7.34. The number of phenols is 1. The predicted molar refractivity (Wildman–Crippen MR) is 51.0 cm³/mol. The molecule has 0 heterocycles. The second kappa shape index (κ2) is 2.63.